The van der Waals surface area contributed by atoms with Gasteiger partial charge < -0.3 is 14.7 Å². The van der Waals surface area contributed by atoms with Crippen LogP contribution in [0.2, 0.25) is 0 Å². The lowest BCUT2D eigenvalue weighted by atomic mass is 10.2. The summed E-state index contributed by atoms with van der Waals surface area (Å²) in [6.07, 6.45) is 1.70. The van der Waals surface area contributed by atoms with Crippen LogP contribution in [0.1, 0.15) is 24.6 Å². The summed E-state index contributed by atoms with van der Waals surface area (Å²) in [5.74, 6) is 0.780. The highest BCUT2D eigenvalue weighted by atomic mass is 16.5. The molecule has 2 aromatic rings. The van der Waals surface area contributed by atoms with Gasteiger partial charge in [-0.3, -0.25) is 9.78 Å². The number of hydrogen-bond acceptors (Lipinski definition) is 6. The average Bonchev–Trinajstić information content (AvgIpc) is 2.87. The van der Waals surface area contributed by atoms with Crippen molar-refractivity contribution in [1.82, 2.24) is 25.3 Å². The zero-order valence-corrected chi connectivity index (χ0v) is 12.6. The number of carbonyl (C=O) groups excluding carboxylic acids is 1. The summed E-state index contributed by atoms with van der Waals surface area (Å²) >= 11 is 0. The Kier molecular flexibility index (Phi) is 4.64. The lowest BCUT2D eigenvalue weighted by molar-refractivity contribution is -0.122. The molecule has 1 N–H and O–H groups in total. The summed E-state index contributed by atoms with van der Waals surface area (Å²) in [6, 6.07) is 3.36. The zero-order valence-electron chi connectivity index (χ0n) is 12.6. The molecule has 0 bridgehead atoms. The normalized spacial score (nSPS) is 12.4. The molecule has 0 unspecified atom stereocenters. The van der Waals surface area contributed by atoms with E-state index in [4.69, 9.17) is 4.52 Å². The quantitative estimate of drug-likeness (QED) is 0.889. The molecule has 1 amide bonds. The standard InChI is InChI=1S/C14H19N5O2/c1-9-7-11(5-6-15-9)13-17-14(21-18-13)10(2)16-12(20)8-19(3)4/h5-7,10H,8H2,1-4H3,(H,16,20)/t10-/m0/s1. The van der Waals surface area contributed by atoms with E-state index in [1.165, 1.54) is 0 Å². The first-order valence-corrected chi connectivity index (χ1v) is 6.66. The maximum absolute atomic E-state index is 11.7. The lowest BCUT2D eigenvalue weighted by Gasteiger charge is -2.12. The minimum absolute atomic E-state index is 0.0907. The molecular weight excluding hydrogens is 270 g/mol. The van der Waals surface area contributed by atoms with Gasteiger partial charge in [0, 0.05) is 17.5 Å². The molecule has 0 aliphatic carbocycles. The molecule has 0 saturated carbocycles. The molecule has 2 aromatic heterocycles. The Bertz CT molecular complexity index is 623. The van der Waals surface area contributed by atoms with Gasteiger partial charge in [-0.15, -0.1) is 0 Å². The molecule has 21 heavy (non-hydrogen) atoms. The van der Waals surface area contributed by atoms with E-state index >= 15 is 0 Å². The van der Waals surface area contributed by atoms with Crippen molar-refractivity contribution in [3.8, 4) is 11.4 Å². The number of rotatable bonds is 5. The number of pyridine rings is 1. The van der Waals surface area contributed by atoms with Gasteiger partial charge in [0.05, 0.1) is 6.54 Å². The Morgan fingerprint density at radius 2 is 2.24 bits per heavy atom. The fourth-order valence-corrected chi connectivity index (χ4v) is 1.85. The van der Waals surface area contributed by atoms with E-state index in [0.717, 1.165) is 11.3 Å². The van der Waals surface area contributed by atoms with E-state index in [2.05, 4.69) is 20.4 Å². The van der Waals surface area contributed by atoms with Gasteiger partial charge in [0.15, 0.2) is 0 Å². The molecule has 2 rings (SSSR count). The maximum atomic E-state index is 11.7. The van der Waals surface area contributed by atoms with Crippen LogP contribution in [0.4, 0.5) is 0 Å². The van der Waals surface area contributed by atoms with Crippen LogP contribution in [0.5, 0.6) is 0 Å². The first kappa shape index (κ1) is 15.1. The summed E-state index contributed by atoms with van der Waals surface area (Å²) in [7, 11) is 3.67. The van der Waals surface area contributed by atoms with Crippen LogP contribution in [-0.2, 0) is 4.79 Å². The number of aromatic nitrogens is 3. The van der Waals surface area contributed by atoms with Gasteiger partial charge in [0.2, 0.25) is 17.6 Å². The molecule has 2 heterocycles. The van der Waals surface area contributed by atoms with Crippen LogP contribution in [-0.4, -0.2) is 46.6 Å². The zero-order chi connectivity index (χ0) is 15.4. The van der Waals surface area contributed by atoms with Crippen molar-refractivity contribution in [3.63, 3.8) is 0 Å². The largest absolute Gasteiger partial charge is 0.343 e. The van der Waals surface area contributed by atoms with Gasteiger partial charge in [0.1, 0.15) is 6.04 Å². The molecule has 0 aliphatic rings. The van der Waals surface area contributed by atoms with E-state index in [0.29, 0.717) is 18.3 Å². The minimum Gasteiger partial charge on any atom is -0.343 e. The summed E-state index contributed by atoms with van der Waals surface area (Å²) < 4.78 is 5.22. The van der Waals surface area contributed by atoms with Crippen molar-refractivity contribution in [2.45, 2.75) is 19.9 Å². The number of carbonyl (C=O) groups is 1. The fraction of sp³-hybridized carbons (Fsp3) is 0.429. The lowest BCUT2D eigenvalue weighted by Crippen LogP contribution is -2.34. The smallest absolute Gasteiger partial charge is 0.249 e. The van der Waals surface area contributed by atoms with Crippen molar-refractivity contribution >= 4 is 5.91 Å². The molecule has 0 aromatic carbocycles. The predicted molar refractivity (Wildman–Crippen MR) is 77.4 cm³/mol. The third kappa shape index (κ3) is 4.09. The highest BCUT2D eigenvalue weighted by Crippen LogP contribution is 2.18. The number of likely N-dealkylation sites (N-methyl/N-ethyl adjacent to an activating group) is 1. The summed E-state index contributed by atoms with van der Waals surface area (Å²) in [5, 5.41) is 6.76. The van der Waals surface area contributed by atoms with Crippen molar-refractivity contribution in [2.24, 2.45) is 0 Å². The SMILES string of the molecule is Cc1cc(-c2noc([C@H](C)NC(=O)CN(C)C)n2)ccn1. The van der Waals surface area contributed by atoms with E-state index in [1.807, 2.05) is 40.1 Å². The minimum atomic E-state index is -0.332. The van der Waals surface area contributed by atoms with Crippen molar-refractivity contribution in [1.29, 1.82) is 0 Å². The number of nitrogens with one attached hydrogen (secondary N) is 1. The summed E-state index contributed by atoms with van der Waals surface area (Å²) in [4.78, 5) is 21.9. The number of amides is 1. The molecule has 7 nitrogen and oxygen atoms in total. The number of nitrogens with zero attached hydrogens (tertiary/aromatic N) is 4. The monoisotopic (exact) mass is 289 g/mol. The Morgan fingerprint density at radius 1 is 1.48 bits per heavy atom. The van der Waals surface area contributed by atoms with Crippen molar-refractivity contribution in [3.05, 3.63) is 29.9 Å². The highest BCUT2D eigenvalue weighted by molar-refractivity contribution is 5.78. The van der Waals surface area contributed by atoms with Crippen molar-refractivity contribution in [2.75, 3.05) is 20.6 Å². The maximum Gasteiger partial charge on any atom is 0.249 e. The van der Waals surface area contributed by atoms with Crippen LogP contribution in [0.15, 0.2) is 22.9 Å². The molecule has 0 aliphatic heterocycles. The predicted octanol–water partition coefficient (Wildman–Crippen LogP) is 1.18. The topological polar surface area (TPSA) is 84.2 Å². The molecule has 0 fully saturated rings. The second-order valence-electron chi connectivity index (χ2n) is 5.17. The Balaban J connectivity index is 2.07. The number of hydrogen-bond donors (Lipinski definition) is 1. The van der Waals surface area contributed by atoms with Crippen LogP contribution in [0.25, 0.3) is 11.4 Å². The van der Waals surface area contributed by atoms with E-state index in [1.54, 1.807) is 11.1 Å². The van der Waals surface area contributed by atoms with Crippen LogP contribution >= 0.6 is 0 Å². The fourth-order valence-electron chi connectivity index (χ4n) is 1.85. The first-order chi connectivity index (χ1) is 9.95. The second-order valence-corrected chi connectivity index (χ2v) is 5.17. The van der Waals surface area contributed by atoms with E-state index in [-0.39, 0.29) is 11.9 Å². The van der Waals surface area contributed by atoms with E-state index in [9.17, 15) is 4.79 Å². The summed E-state index contributed by atoms with van der Waals surface area (Å²) in [5.41, 5.74) is 1.72. The van der Waals surface area contributed by atoms with Gasteiger partial charge in [-0.05, 0) is 40.1 Å². The average molecular weight is 289 g/mol. The Morgan fingerprint density at radius 3 is 2.90 bits per heavy atom. The first-order valence-electron chi connectivity index (χ1n) is 6.66. The summed E-state index contributed by atoms with van der Waals surface area (Å²) in [6.45, 7) is 4.02. The van der Waals surface area contributed by atoms with Crippen LogP contribution in [0, 0.1) is 6.92 Å². The molecule has 0 saturated heterocycles. The third-order valence-corrected chi connectivity index (χ3v) is 2.80. The van der Waals surface area contributed by atoms with Crippen LogP contribution < -0.4 is 5.32 Å². The second kappa shape index (κ2) is 6.45. The molecule has 0 radical (unpaired) electrons. The van der Waals surface area contributed by atoms with Crippen LogP contribution in [0.3, 0.4) is 0 Å². The molecule has 0 spiro atoms. The Hall–Kier alpha value is -2.28. The molecule has 1 atom stereocenters. The van der Waals surface area contributed by atoms with E-state index < -0.39 is 0 Å². The third-order valence-electron chi connectivity index (χ3n) is 2.80. The van der Waals surface area contributed by atoms with Gasteiger partial charge >= 0.3 is 0 Å². The molecular formula is C14H19N5O2. The molecule has 7 heteroatoms. The Labute approximate surface area is 123 Å². The van der Waals surface area contributed by atoms with Crippen molar-refractivity contribution < 1.29 is 9.32 Å². The number of aryl methyl sites for hydroxylation is 1. The van der Waals surface area contributed by atoms with Gasteiger partial charge in [0.25, 0.3) is 0 Å². The van der Waals surface area contributed by atoms with Gasteiger partial charge in [-0.1, -0.05) is 5.16 Å². The van der Waals surface area contributed by atoms with Gasteiger partial charge in [-0.25, -0.2) is 0 Å². The van der Waals surface area contributed by atoms with Gasteiger partial charge in [-0.2, -0.15) is 4.98 Å². The molecule has 112 valence electrons. The highest BCUT2D eigenvalue weighted by Gasteiger charge is 2.17.